The van der Waals surface area contributed by atoms with E-state index in [-0.39, 0.29) is 0 Å². The van der Waals surface area contributed by atoms with Crippen LogP contribution in [0.5, 0.6) is 0 Å². The van der Waals surface area contributed by atoms with Crippen molar-refractivity contribution in [1.82, 2.24) is 0 Å². The Balaban J connectivity index is 5.25. The van der Waals surface area contributed by atoms with Gasteiger partial charge in [0.1, 0.15) is 0 Å². The first-order chi connectivity index (χ1) is 6.66. The van der Waals surface area contributed by atoms with Crippen LogP contribution in [-0.2, 0) is 4.79 Å². The van der Waals surface area contributed by atoms with Crippen molar-refractivity contribution < 1.29 is 4.79 Å². The van der Waals surface area contributed by atoms with Crippen molar-refractivity contribution in [2.75, 3.05) is 0 Å². The Morgan fingerprint density at radius 2 is 1.67 bits per heavy atom. The summed E-state index contributed by atoms with van der Waals surface area (Å²) in [5, 5.41) is 0. The molecule has 4 heteroatoms. The minimum absolute atomic E-state index is 0.414. The fraction of sp³-hybridized carbons (Fsp3) is 0.727. The fourth-order valence-corrected chi connectivity index (χ4v) is 1.14. The Morgan fingerprint density at radius 1 is 1.20 bits per heavy atom. The third-order valence-electron chi connectivity index (χ3n) is 2.85. The van der Waals surface area contributed by atoms with Crippen molar-refractivity contribution >= 4 is 5.91 Å². The molecule has 0 radical (unpaired) electrons. The zero-order chi connectivity index (χ0) is 12.3. The van der Waals surface area contributed by atoms with Crippen molar-refractivity contribution in [2.24, 2.45) is 17.2 Å². The molecule has 2 atom stereocenters. The minimum atomic E-state index is -0.707. The zero-order valence-electron chi connectivity index (χ0n) is 10.1. The van der Waals surface area contributed by atoms with E-state index in [4.69, 9.17) is 17.2 Å². The molecule has 0 aliphatic heterocycles. The molecule has 0 aromatic rings. The van der Waals surface area contributed by atoms with E-state index in [1.807, 2.05) is 20.8 Å². The van der Waals surface area contributed by atoms with Gasteiger partial charge in [-0.15, -0.1) is 0 Å². The van der Waals surface area contributed by atoms with E-state index >= 15 is 0 Å². The maximum Gasteiger partial charge on any atom is 0.246 e. The monoisotopic (exact) mass is 213 g/mol. The fourth-order valence-electron chi connectivity index (χ4n) is 1.14. The van der Waals surface area contributed by atoms with Gasteiger partial charge in [0, 0.05) is 16.7 Å². The molecule has 0 aliphatic carbocycles. The van der Waals surface area contributed by atoms with Gasteiger partial charge in [-0.2, -0.15) is 0 Å². The first-order valence-electron chi connectivity index (χ1n) is 5.27. The summed E-state index contributed by atoms with van der Waals surface area (Å²) >= 11 is 0. The average molecular weight is 213 g/mol. The molecule has 4 nitrogen and oxygen atoms in total. The molecule has 0 aromatic heterocycles. The molecular formula is C11H23N3O. The normalized spacial score (nSPS) is 20.5. The van der Waals surface area contributed by atoms with Crippen LogP contribution < -0.4 is 17.2 Å². The molecule has 0 aromatic carbocycles. The Hall–Kier alpha value is -0.870. The highest BCUT2D eigenvalue weighted by atomic mass is 16.1. The molecule has 0 saturated heterocycles. The number of hydrogen-bond donors (Lipinski definition) is 3. The summed E-state index contributed by atoms with van der Waals surface area (Å²) in [7, 11) is 0. The molecule has 0 fully saturated rings. The Bertz CT molecular complexity index is 267. The Kier molecular flexibility index (Phi) is 4.49. The van der Waals surface area contributed by atoms with Crippen LogP contribution in [0.2, 0.25) is 0 Å². The van der Waals surface area contributed by atoms with Gasteiger partial charge in [-0.05, 0) is 26.7 Å². The molecule has 0 heterocycles. The molecule has 88 valence electrons. The average Bonchev–Trinajstić information content (AvgIpc) is 2.14. The second-order valence-corrected chi connectivity index (χ2v) is 4.55. The van der Waals surface area contributed by atoms with Crippen molar-refractivity contribution in [2.45, 2.75) is 51.6 Å². The van der Waals surface area contributed by atoms with E-state index in [0.29, 0.717) is 12.0 Å². The predicted molar refractivity (Wildman–Crippen MR) is 63.0 cm³/mol. The van der Waals surface area contributed by atoms with E-state index in [2.05, 4.69) is 0 Å². The summed E-state index contributed by atoms with van der Waals surface area (Å²) in [5.74, 6) is -0.494. The zero-order valence-corrected chi connectivity index (χ0v) is 10.1. The van der Waals surface area contributed by atoms with Gasteiger partial charge in [0.15, 0.2) is 0 Å². The standard InChI is InChI=1S/C11H23N3O/c1-5-10(3,13)7-8(9(12)15)11(4,14)6-2/h7H,5-6,13-14H2,1-4H3,(H2,12,15). The quantitative estimate of drug-likeness (QED) is 0.585. The van der Waals surface area contributed by atoms with Gasteiger partial charge < -0.3 is 17.2 Å². The van der Waals surface area contributed by atoms with Crippen LogP contribution in [0.4, 0.5) is 0 Å². The third kappa shape index (κ3) is 4.01. The molecule has 15 heavy (non-hydrogen) atoms. The number of carbonyl (C=O) groups excluding carboxylic acids is 1. The molecule has 1 amide bonds. The second-order valence-electron chi connectivity index (χ2n) is 4.55. The summed E-state index contributed by atoms with van der Waals surface area (Å²) in [5.41, 5.74) is 16.4. The summed E-state index contributed by atoms with van der Waals surface area (Å²) in [6, 6.07) is 0. The largest absolute Gasteiger partial charge is 0.366 e. The van der Waals surface area contributed by atoms with Crippen molar-refractivity contribution in [1.29, 1.82) is 0 Å². The molecule has 0 saturated carbocycles. The maximum absolute atomic E-state index is 11.3. The van der Waals surface area contributed by atoms with Crippen molar-refractivity contribution in [3.63, 3.8) is 0 Å². The number of amides is 1. The second kappa shape index (κ2) is 4.77. The van der Waals surface area contributed by atoms with Crippen LogP contribution in [0.3, 0.4) is 0 Å². The van der Waals surface area contributed by atoms with E-state index in [1.54, 1.807) is 13.0 Å². The third-order valence-corrected chi connectivity index (χ3v) is 2.85. The number of nitrogens with two attached hydrogens (primary N) is 3. The van der Waals surface area contributed by atoms with Gasteiger partial charge in [-0.25, -0.2) is 0 Å². The smallest absolute Gasteiger partial charge is 0.246 e. The summed E-state index contributed by atoms with van der Waals surface area (Å²) < 4.78 is 0. The first kappa shape index (κ1) is 14.1. The van der Waals surface area contributed by atoms with Gasteiger partial charge in [0.05, 0.1) is 0 Å². The predicted octanol–water partition coefficient (Wildman–Crippen LogP) is 0.653. The van der Waals surface area contributed by atoms with Gasteiger partial charge >= 0.3 is 0 Å². The van der Waals surface area contributed by atoms with E-state index in [0.717, 1.165) is 6.42 Å². The van der Waals surface area contributed by atoms with Crippen LogP contribution in [0.15, 0.2) is 11.6 Å². The lowest BCUT2D eigenvalue weighted by molar-refractivity contribution is -0.115. The van der Waals surface area contributed by atoms with E-state index in [1.165, 1.54) is 0 Å². The molecular weight excluding hydrogens is 190 g/mol. The van der Waals surface area contributed by atoms with Crippen LogP contribution in [0, 0.1) is 0 Å². The highest BCUT2D eigenvalue weighted by molar-refractivity contribution is 5.94. The summed E-state index contributed by atoms with van der Waals surface area (Å²) in [6.45, 7) is 7.50. The van der Waals surface area contributed by atoms with Gasteiger partial charge in [-0.3, -0.25) is 4.79 Å². The first-order valence-corrected chi connectivity index (χ1v) is 5.27. The molecule has 2 unspecified atom stereocenters. The van der Waals surface area contributed by atoms with Crippen LogP contribution in [0.25, 0.3) is 0 Å². The highest BCUT2D eigenvalue weighted by Gasteiger charge is 2.28. The maximum atomic E-state index is 11.3. The lowest BCUT2D eigenvalue weighted by Gasteiger charge is -2.28. The number of rotatable bonds is 5. The topological polar surface area (TPSA) is 95.1 Å². The minimum Gasteiger partial charge on any atom is -0.366 e. The van der Waals surface area contributed by atoms with Gasteiger partial charge in [0.25, 0.3) is 0 Å². The van der Waals surface area contributed by atoms with Crippen LogP contribution >= 0.6 is 0 Å². The molecule has 6 N–H and O–H groups in total. The molecule has 0 rings (SSSR count). The molecule has 0 bridgehead atoms. The summed E-state index contributed by atoms with van der Waals surface area (Å²) in [4.78, 5) is 11.3. The number of primary amides is 1. The van der Waals surface area contributed by atoms with E-state index < -0.39 is 17.0 Å². The summed E-state index contributed by atoms with van der Waals surface area (Å²) in [6.07, 6.45) is 3.06. The van der Waals surface area contributed by atoms with Crippen molar-refractivity contribution in [3.8, 4) is 0 Å². The van der Waals surface area contributed by atoms with Gasteiger partial charge in [0.2, 0.25) is 5.91 Å². The van der Waals surface area contributed by atoms with Crippen molar-refractivity contribution in [3.05, 3.63) is 11.6 Å². The highest BCUT2D eigenvalue weighted by Crippen LogP contribution is 2.21. The van der Waals surface area contributed by atoms with Gasteiger partial charge in [-0.1, -0.05) is 19.9 Å². The molecule has 0 spiro atoms. The Labute approximate surface area is 91.9 Å². The number of carbonyl (C=O) groups is 1. The van der Waals surface area contributed by atoms with Crippen LogP contribution in [0.1, 0.15) is 40.5 Å². The Morgan fingerprint density at radius 3 is 1.93 bits per heavy atom. The molecule has 0 aliphatic rings. The van der Waals surface area contributed by atoms with Crippen LogP contribution in [-0.4, -0.2) is 17.0 Å². The number of hydrogen-bond acceptors (Lipinski definition) is 3. The lowest BCUT2D eigenvalue weighted by atomic mass is 9.85. The lowest BCUT2D eigenvalue weighted by Crippen LogP contribution is -2.45. The van der Waals surface area contributed by atoms with E-state index in [9.17, 15) is 4.79 Å². The SMILES string of the molecule is CCC(C)(N)C=C(C(N)=O)C(C)(N)CC.